The van der Waals surface area contributed by atoms with Crippen molar-refractivity contribution in [3.8, 4) is 0 Å². The van der Waals surface area contributed by atoms with Gasteiger partial charge in [-0.2, -0.15) is 0 Å². The molecule has 0 aromatic heterocycles. The van der Waals surface area contributed by atoms with Crippen LogP contribution in [0.5, 0.6) is 0 Å². The van der Waals surface area contributed by atoms with Crippen LogP contribution in [0.15, 0.2) is 48.5 Å². The van der Waals surface area contributed by atoms with Crippen molar-refractivity contribution in [1.82, 2.24) is 4.90 Å². The van der Waals surface area contributed by atoms with E-state index >= 15 is 0 Å². The molecule has 5 heteroatoms. The van der Waals surface area contributed by atoms with Crippen molar-refractivity contribution in [3.63, 3.8) is 0 Å². The Bertz CT molecular complexity index is 720. The third-order valence-corrected chi connectivity index (χ3v) is 4.41. The number of hydrogen-bond donors (Lipinski definition) is 2. The lowest BCUT2D eigenvalue weighted by atomic mass is 10.1. The average molecular weight is 328 g/mol. The number of benzene rings is 2. The average Bonchev–Trinajstić information content (AvgIpc) is 3.01. The number of urea groups is 1. The van der Waals surface area contributed by atoms with E-state index in [-0.39, 0.29) is 24.4 Å². The van der Waals surface area contributed by atoms with Gasteiger partial charge in [0.25, 0.3) is 0 Å². The number of nitrogens with one attached hydrogen (secondary N) is 1. The number of rotatable bonds is 5. The number of halogens is 1. The first-order valence-corrected chi connectivity index (χ1v) is 8.21. The molecule has 0 saturated carbocycles. The summed E-state index contributed by atoms with van der Waals surface area (Å²) in [7, 11) is 0. The summed E-state index contributed by atoms with van der Waals surface area (Å²) in [6.07, 6.45) is 2.25. The van der Waals surface area contributed by atoms with E-state index in [2.05, 4.69) is 11.4 Å². The summed E-state index contributed by atoms with van der Waals surface area (Å²) >= 11 is 0. The molecule has 0 fully saturated rings. The smallest absolute Gasteiger partial charge is 0.322 e. The fourth-order valence-electron chi connectivity index (χ4n) is 3.25. The van der Waals surface area contributed by atoms with E-state index in [4.69, 9.17) is 5.11 Å². The Balaban J connectivity index is 1.82. The molecular formula is C19H21FN2O2. The Hall–Kier alpha value is -2.40. The van der Waals surface area contributed by atoms with Crippen LogP contribution in [0, 0.1) is 5.82 Å². The molecule has 1 atom stereocenters. The quantitative estimate of drug-likeness (QED) is 0.879. The number of nitrogens with zero attached hydrogens (tertiary/aromatic N) is 1. The number of aliphatic hydroxyl groups is 1. The highest BCUT2D eigenvalue weighted by atomic mass is 19.1. The number of aliphatic hydroxyl groups excluding tert-OH is 1. The van der Waals surface area contributed by atoms with Gasteiger partial charge >= 0.3 is 6.03 Å². The Morgan fingerprint density at radius 1 is 1.21 bits per heavy atom. The topological polar surface area (TPSA) is 52.6 Å². The lowest BCUT2D eigenvalue weighted by molar-refractivity contribution is 0.177. The lowest BCUT2D eigenvalue weighted by Gasteiger charge is -2.30. The minimum Gasteiger partial charge on any atom is -0.396 e. The molecule has 24 heavy (non-hydrogen) atoms. The Labute approximate surface area is 140 Å². The molecule has 2 amide bonds. The molecular weight excluding hydrogens is 307 g/mol. The number of carbonyl (C=O) groups excluding carboxylic acids is 1. The number of fused-ring (bicyclic) bond motifs is 1. The van der Waals surface area contributed by atoms with Gasteiger partial charge in [-0.25, -0.2) is 9.18 Å². The second kappa shape index (κ2) is 7.45. The van der Waals surface area contributed by atoms with Gasteiger partial charge < -0.3 is 15.3 Å². The fraction of sp³-hybridized carbons (Fsp3) is 0.316. The van der Waals surface area contributed by atoms with Gasteiger partial charge in [-0.1, -0.05) is 36.4 Å². The molecule has 3 rings (SSSR count). The zero-order chi connectivity index (χ0) is 16.9. The Morgan fingerprint density at radius 2 is 1.96 bits per heavy atom. The monoisotopic (exact) mass is 328 g/mol. The predicted molar refractivity (Wildman–Crippen MR) is 91.3 cm³/mol. The Kier molecular flexibility index (Phi) is 5.11. The molecule has 0 bridgehead atoms. The summed E-state index contributed by atoms with van der Waals surface area (Å²) in [5.41, 5.74) is 2.55. The van der Waals surface area contributed by atoms with E-state index in [0.717, 1.165) is 18.4 Å². The summed E-state index contributed by atoms with van der Waals surface area (Å²) in [5, 5.41) is 11.8. The van der Waals surface area contributed by atoms with Crippen molar-refractivity contribution in [3.05, 3.63) is 65.5 Å². The molecule has 0 radical (unpaired) electrons. The standard InChI is InChI=1S/C19H21FN2O2/c20-16-8-3-4-9-17(16)21-19(24)22(12-5-13-23)18-11-10-14-6-1-2-7-15(14)18/h1-4,6-9,18,23H,5,10-13H2,(H,21,24)/t18-/m0/s1. The SMILES string of the molecule is O=C(Nc1ccccc1F)N(CCCO)[C@H]1CCc2ccccc21. The summed E-state index contributed by atoms with van der Waals surface area (Å²) in [6.45, 7) is 0.438. The van der Waals surface area contributed by atoms with Crippen molar-refractivity contribution < 1.29 is 14.3 Å². The Morgan fingerprint density at radius 3 is 2.75 bits per heavy atom. The maximum absolute atomic E-state index is 13.8. The van der Waals surface area contributed by atoms with Crippen LogP contribution >= 0.6 is 0 Å². The van der Waals surface area contributed by atoms with Gasteiger partial charge in [-0.3, -0.25) is 0 Å². The van der Waals surface area contributed by atoms with Crippen molar-refractivity contribution in [2.45, 2.75) is 25.3 Å². The molecule has 1 aliphatic carbocycles. The number of anilines is 1. The number of hydrogen-bond acceptors (Lipinski definition) is 2. The van der Waals surface area contributed by atoms with E-state index in [1.165, 1.54) is 11.6 Å². The first-order valence-electron chi connectivity index (χ1n) is 8.21. The largest absolute Gasteiger partial charge is 0.396 e. The van der Waals surface area contributed by atoms with Crippen LogP contribution in [0.1, 0.15) is 30.0 Å². The summed E-state index contributed by atoms with van der Waals surface area (Å²) in [4.78, 5) is 14.4. The molecule has 0 aliphatic heterocycles. The molecule has 2 aromatic rings. The van der Waals surface area contributed by atoms with Gasteiger partial charge in [0, 0.05) is 13.2 Å². The van der Waals surface area contributed by atoms with E-state index in [1.807, 2.05) is 18.2 Å². The van der Waals surface area contributed by atoms with Crippen molar-refractivity contribution in [1.29, 1.82) is 0 Å². The van der Waals surface area contributed by atoms with Gasteiger partial charge in [-0.15, -0.1) is 0 Å². The number of aryl methyl sites for hydroxylation is 1. The molecule has 0 saturated heterocycles. The molecule has 4 nitrogen and oxygen atoms in total. The van der Waals surface area contributed by atoms with Gasteiger partial charge in [0.15, 0.2) is 0 Å². The zero-order valence-electron chi connectivity index (χ0n) is 13.4. The van der Waals surface area contributed by atoms with Crippen LogP contribution in [-0.2, 0) is 6.42 Å². The second-order valence-electron chi connectivity index (χ2n) is 5.93. The summed E-state index contributed by atoms with van der Waals surface area (Å²) < 4.78 is 13.8. The molecule has 2 aromatic carbocycles. The first kappa shape index (κ1) is 16.5. The van der Waals surface area contributed by atoms with Gasteiger partial charge in [0.1, 0.15) is 5.82 Å². The normalized spacial score (nSPS) is 15.8. The fourth-order valence-corrected chi connectivity index (χ4v) is 3.25. The van der Waals surface area contributed by atoms with Crippen LogP contribution in [-0.4, -0.2) is 29.2 Å². The lowest BCUT2D eigenvalue weighted by Crippen LogP contribution is -2.38. The first-order chi connectivity index (χ1) is 11.7. The van der Waals surface area contributed by atoms with E-state index < -0.39 is 5.82 Å². The number of amides is 2. The highest BCUT2D eigenvalue weighted by Gasteiger charge is 2.30. The zero-order valence-corrected chi connectivity index (χ0v) is 13.4. The van der Waals surface area contributed by atoms with Crippen LogP contribution in [0.25, 0.3) is 0 Å². The molecule has 0 unspecified atom stereocenters. The highest BCUT2D eigenvalue weighted by Crippen LogP contribution is 2.36. The van der Waals surface area contributed by atoms with E-state index in [9.17, 15) is 9.18 Å². The summed E-state index contributed by atoms with van der Waals surface area (Å²) in [5.74, 6) is -0.459. The second-order valence-corrected chi connectivity index (χ2v) is 5.93. The van der Waals surface area contributed by atoms with Crippen molar-refractivity contribution in [2.75, 3.05) is 18.5 Å². The number of carbonyl (C=O) groups is 1. The van der Waals surface area contributed by atoms with Crippen LogP contribution < -0.4 is 5.32 Å². The predicted octanol–water partition coefficient (Wildman–Crippen LogP) is 3.73. The van der Waals surface area contributed by atoms with Crippen LogP contribution in [0.3, 0.4) is 0 Å². The molecule has 0 spiro atoms. The molecule has 0 heterocycles. The molecule has 2 N–H and O–H groups in total. The van der Waals surface area contributed by atoms with E-state index in [1.54, 1.807) is 23.1 Å². The third kappa shape index (κ3) is 3.41. The number of para-hydroxylation sites is 1. The summed E-state index contributed by atoms with van der Waals surface area (Å²) in [6, 6.07) is 13.8. The maximum atomic E-state index is 13.8. The van der Waals surface area contributed by atoms with Crippen LogP contribution in [0.4, 0.5) is 14.9 Å². The third-order valence-electron chi connectivity index (χ3n) is 4.41. The van der Waals surface area contributed by atoms with Crippen molar-refractivity contribution in [2.24, 2.45) is 0 Å². The van der Waals surface area contributed by atoms with Gasteiger partial charge in [0.2, 0.25) is 0 Å². The molecule has 1 aliphatic rings. The molecule has 126 valence electrons. The van der Waals surface area contributed by atoms with Gasteiger partial charge in [0.05, 0.1) is 11.7 Å². The van der Waals surface area contributed by atoms with Crippen LogP contribution in [0.2, 0.25) is 0 Å². The minimum absolute atomic E-state index is 0.0118. The minimum atomic E-state index is -0.459. The van der Waals surface area contributed by atoms with Crippen molar-refractivity contribution >= 4 is 11.7 Å². The van der Waals surface area contributed by atoms with Gasteiger partial charge in [-0.05, 0) is 42.5 Å². The maximum Gasteiger partial charge on any atom is 0.322 e. The van der Waals surface area contributed by atoms with E-state index in [0.29, 0.717) is 13.0 Å². The highest BCUT2D eigenvalue weighted by molar-refractivity contribution is 5.89.